The Labute approximate surface area is 147 Å². The van der Waals surface area contributed by atoms with Gasteiger partial charge in [0.05, 0.1) is 22.6 Å². The summed E-state index contributed by atoms with van der Waals surface area (Å²) in [6.07, 6.45) is -1.38. The Morgan fingerprint density at radius 1 is 1.23 bits per heavy atom. The highest BCUT2D eigenvalue weighted by Crippen LogP contribution is 2.39. The SMILES string of the molecule is Cc1c(CO)cc([N+](=O)[O-])c(NCC(O)c2ccccc2F)c1[N+](=O)[O-]. The van der Waals surface area contributed by atoms with E-state index in [2.05, 4.69) is 5.32 Å². The van der Waals surface area contributed by atoms with E-state index in [1.165, 1.54) is 25.1 Å². The van der Waals surface area contributed by atoms with Crippen LogP contribution in [0.1, 0.15) is 22.8 Å². The second-order valence-electron chi connectivity index (χ2n) is 5.49. The monoisotopic (exact) mass is 365 g/mol. The molecular formula is C16H16FN3O6. The number of aliphatic hydroxyl groups is 2. The molecule has 0 fully saturated rings. The van der Waals surface area contributed by atoms with Crippen LogP contribution in [0.2, 0.25) is 0 Å². The van der Waals surface area contributed by atoms with Gasteiger partial charge in [0.2, 0.25) is 0 Å². The summed E-state index contributed by atoms with van der Waals surface area (Å²) in [7, 11) is 0. The topological polar surface area (TPSA) is 139 Å². The van der Waals surface area contributed by atoms with E-state index in [-0.39, 0.29) is 23.2 Å². The highest BCUT2D eigenvalue weighted by molar-refractivity contribution is 5.77. The summed E-state index contributed by atoms with van der Waals surface area (Å²) in [6.45, 7) is 0.359. The minimum Gasteiger partial charge on any atom is -0.392 e. The number of benzene rings is 2. The molecule has 0 saturated heterocycles. The summed E-state index contributed by atoms with van der Waals surface area (Å²) < 4.78 is 13.7. The van der Waals surface area contributed by atoms with Crippen LogP contribution >= 0.6 is 0 Å². The molecule has 0 spiro atoms. The molecule has 2 aromatic rings. The van der Waals surface area contributed by atoms with E-state index in [1.807, 2.05) is 0 Å². The molecule has 1 atom stereocenters. The average molecular weight is 365 g/mol. The molecule has 2 rings (SSSR count). The average Bonchev–Trinajstić information content (AvgIpc) is 2.59. The Morgan fingerprint density at radius 2 is 1.88 bits per heavy atom. The first-order valence-corrected chi connectivity index (χ1v) is 7.50. The van der Waals surface area contributed by atoms with Crippen LogP contribution in [0.15, 0.2) is 30.3 Å². The summed E-state index contributed by atoms with van der Waals surface area (Å²) >= 11 is 0. The van der Waals surface area contributed by atoms with Crippen molar-refractivity contribution in [2.24, 2.45) is 0 Å². The number of anilines is 1. The molecule has 0 heterocycles. The fraction of sp³-hybridized carbons (Fsp3) is 0.250. The third-order valence-corrected chi connectivity index (χ3v) is 3.93. The predicted molar refractivity (Wildman–Crippen MR) is 90.3 cm³/mol. The zero-order valence-corrected chi connectivity index (χ0v) is 13.7. The van der Waals surface area contributed by atoms with Crippen molar-refractivity contribution in [3.8, 4) is 0 Å². The number of nitro groups is 2. The van der Waals surface area contributed by atoms with Crippen LogP contribution in [0.4, 0.5) is 21.5 Å². The van der Waals surface area contributed by atoms with Crippen molar-refractivity contribution in [3.05, 3.63) is 73.1 Å². The molecule has 0 aliphatic rings. The van der Waals surface area contributed by atoms with Crippen LogP contribution in [-0.4, -0.2) is 26.6 Å². The predicted octanol–water partition coefficient (Wildman–Crippen LogP) is 2.59. The Bertz CT molecular complexity index is 858. The van der Waals surface area contributed by atoms with Gasteiger partial charge in [-0.15, -0.1) is 0 Å². The number of rotatable bonds is 7. The van der Waals surface area contributed by atoms with Gasteiger partial charge in [0.15, 0.2) is 5.69 Å². The Kier molecular flexibility index (Phi) is 5.80. The largest absolute Gasteiger partial charge is 0.392 e. The van der Waals surface area contributed by atoms with Crippen molar-refractivity contribution < 1.29 is 24.5 Å². The number of halogens is 1. The van der Waals surface area contributed by atoms with Gasteiger partial charge in [0.25, 0.3) is 5.69 Å². The second kappa shape index (κ2) is 7.85. The van der Waals surface area contributed by atoms with Gasteiger partial charge < -0.3 is 15.5 Å². The summed E-state index contributed by atoms with van der Waals surface area (Å²) in [6, 6.07) is 6.45. The molecule has 0 amide bonds. The molecule has 26 heavy (non-hydrogen) atoms. The summed E-state index contributed by atoms with van der Waals surface area (Å²) in [5, 5.41) is 44.5. The lowest BCUT2D eigenvalue weighted by atomic mass is 10.0. The molecule has 0 aromatic heterocycles. The molecule has 3 N–H and O–H groups in total. The third kappa shape index (κ3) is 3.76. The Hall–Kier alpha value is -3.11. The maximum atomic E-state index is 13.7. The first-order chi connectivity index (χ1) is 12.3. The van der Waals surface area contributed by atoms with Crippen molar-refractivity contribution in [3.63, 3.8) is 0 Å². The van der Waals surface area contributed by atoms with Crippen molar-refractivity contribution in [1.29, 1.82) is 0 Å². The van der Waals surface area contributed by atoms with Gasteiger partial charge in [-0.1, -0.05) is 18.2 Å². The number of nitrogens with one attached hydrogen (secondary N) is 1. The number of aliphatic hydroxyl groups excluding tert-OH is 2. The van der Waals surface area contributed by atoms with Gasteiger partial charge in [-0.25, -0.2) is 4.39 Å². The van der Waals surface area contributed by atoms with Crippen molar-refractivity contribution >= 4 is 17.1 Å². The summed E-state index contributed by atoms with van der Waals surface area (Å²) in [4.78, 5) is 21.0. The van der Waals surface area contributed by atoms with Crippen LogP contribution in [0.3, 0.4) is 0 Å². The quantitative estimate of drug-likeness (QED) is 0.506. The maximum absolute atomic E-state index is 13.7. The van der Waals surface area contributed by atoms with E-state index in [9.17, 15) is 34.8 Å². The smallest absolute Gasteiger partial charge is 0.302 e. The van der Waals surface area contributed by atoms with Crippen molar-refractivity contribution in [2.45, 2.75) is 19.6 Å². The lowest BCUT2D eigenvalue weighted by Crippen LogP contribution is -2.16. The second-order valence-corrected chi connectivity index (χ2v) is 5.49. The number of nitro benzene ring substituents is 2. The minimum atomic E-state index is -1.38. The van der Waals surface area contributed by atoms with Gasteiger partial charge in [0.1, 0.15) is 5.82 Å². The molecule has 10 heteroatoms. The Morgan fingerprint density at radius 3 is 2.42 bits per heavy atom. The van der Waals surface area contributed by atoms with Crippen LogP contribution < -0.4 is 5.32 Å². The molecule has 9 nitrogen and oxygen atoms in total. The van der Waals surface area contributed by atoms with E-state index in [0.717, 1.165) is 12.1 Å². The van der Waals surface area contributed by atoms with Gasteiger partial charge in [-0.3, -0.25) is 20.2 Å². The molecule has 0 radical (unpaired) electrons. The van der Waals surface area contributed by atoms with Crippen LogP contribution in [0.25, 0.3) is 0 Å². The molecule has 2 aromatic carbocycles. The first kappa shape index (κ1) is 19.2. The van der Waals surface area contributed by atoms with Gasteiger partial charge in [0, 0.05) is 23.7 Å². The van der Waals surface area contributed by atoms with Crippen molar-refractivity contribution in [2.75, 3.05) is 11.9 Å². The van der Waals surface area contributed by atoms with Crippen LogP contribution in [0.5, 0.6) is 0 Å². The van der Waals surface area contributed by atoms with E-state index in [1.54, 1.807) is 0 Å². The zero-order chi connectivity index (χ0) is 19.4. The maximum Gasteiger partial charge on any atom is 0.302 e. The molecule has 0 saturated carbocycles. The third-order valence-electron chi connectivity index (χ3n) is 3.93. The van der Waals surface area contributed by atoms with E-state index in [0.29, 0.717) is 0 Å². The molecule has 138 valence electrons. The molecule has 0 aliphatic carbocycles. The normalized spacial score (nSPS) is 11.8. The lowest BCUT2D eigenvalue weighted by molar-refractivity contribution is -0.392. The fourth-order valence-electron chi connectivity index (χ4n) is 2.57. The van der Waals surface area contributed by atoms with E-state index < -0.39 is 45.4 Å². The number of hydrogen-bond acceptors (Lipinski definition) is 7. The minimum absolute atomic E-state index is 0.0450. The van der Waals surface area contributed by atoms with E-state index >= 15 is 0 Å². The summed E-state index contributed by atoms with van der Waals surface area (Å²) in [5.74, 6) is -0.669. The molecular weight excluding hydrogens is 349 g/mol. The van der Waals surface area contributed by atoms with Gasteiger partial charge in [-0.05, 0) is 18.6 Å². The summed E-state index contributed by atoms with van der Waals surface area (Å²) in [5.41, 5.74) is -1.55. The number of hydrogen-bond donors (Lipinski definition) is 3. The molecule has 1 unspecified atom stereocenters. The lowest BCUT2D eigenvalue weighted by Gasteiger charge is -2.15. The van der Waals surface area contributed by atoms with E-state index in [4.69, 9.17) is 0 Å². The Balaban J connectivity index is 2.44. The highest BCUT2D eigenvalue weighted by atomic mass is 19.1. The molecule has 0 aliphatic heterocycles. The zero-order valence-electron chi connectivity index (χ0n) is 13.7. The fourth-order valence-corrected chi connectivity index (χ4v) is 2.57. The molecule has 0 bridgehead atoms. The number of nitrogens with zero attached hydrogens (tertiary/aromatic N) is 2. The van der Waals surface area contributed by atoms with Crippen LogP contribution in [-0.2, 0) is 6.61 Å². The first-order valence-electron chi connectivity index (χ1n) is 7.50. The standard InChI is InChI=1S/C16H16FN3O6/c1-9-10(8-21)6-13(19(23)24)15(16(9)20(25)26)18-7-14(22)11-4-2-3-5-12(11)17/h2-6,14,18,21-22H,7-8H2,1H3. The highest BCUT2D eigenvalue weighted by Gasteiger charge is 2.30. The van der Waals surface area contributed by atoms with Crippen LogP contribution in [0, 0.1) is 33.0 Å². The van der Waals surface area contributed by atoms with Crippen molar-refractivity contribution in [1.82, 2.24) is 0 Å². The van der Waals surface area contributed by atoms with Gasteiger partial charge in [-0.2, -0.15) is 0 Å². The van der Waals surface area contributed by atoms with Gasteiger partial charge >= 0.3 is 5.69 Å².